The van der Waals surface area contributed by atoms with Gasteiger partial charge in [-0.1, -0.05) is 41.9 Å². The minimum Gasteiger partial charge on any atom is -0.481 e. The zero-order valence-corrected chi connectivity index (χ0v) is 33.9. The summed E-state index contributed by atoms with van der Waals surface area (Å²) < 4.78 is 54.8. The quantitative estimate of drug-likeness (QED) is 0.182. The van der Waals surface area contributed by atoms with Crippen LogP contribution in [0.25, 0.3) is 33.4 Å². The van der Waals surface area contributed by atoms with E-state index in [0.717, 1.165) is 59.0 Å². The van der Waals surface area contributed by atoms with Crippen LogP contribution < -0.4 is 26.6 Å². The van der Waals surface area contributed by atoms with E-state index in [1.165, 1.54) is 14.1 Å². The highest BCUT2D eigenvalue weighted by Gasteiger charge is 2.47. The lowest BCUT2D eigenvalue weighted by atomic mass is 9.92. The minimum atomic E-state index is -4.96. The van der Waals surface area contributed by atoms with Gasteiger partial charge in [-0.25, -0.2) is 24.5 Å². The van der Waals surface area contributed by atoms with E-state index in [9.17, 15) is 27.6 Å². The number of benzene rings is 2. The second kappa shape index (κ2) is 15.3. The Bertz CT molecular complexity index is 2630. The van der Waals surface area contributed by atoms with Gasteiger partial charge in [0, 0.05) is 75.8 Å². The van der Waals surface area contributed by atoms with Crippen molar-refractivity contribution in [2.75, 3.05) is 52.3 Å². The minimum absolute atomic E-state index is 0.0525. The number of methoxy groups -OCH3 is 2. The van der Waals surface area contributed by atoms with E-state index >= 15 is 0 Å². The molecule has 0 saturated carbocycles. The SMILES string of the molecule is COCCN1CC[C@@]2(CCN([C@H]3CCc4cc(-c5cccc(-c6cccc(Nc7nc(C(F)(F)F)nc8c7c(=O)n(C)c(=O)n8C)c6C)c5Cl)nc(OC)c43)C2)NC1=O. The van der Waals surface area contributed by atoms with Crippen LogP contribution in [0.3, 0.4) is 0 Å². The number of likely N-dealkylation sites (tertiary alicyclic amines) is 1. The van der Waals surface area contributed by atoms with Gasteiger partial charge in [0.25, 0.3) is 5.56 Å². The molecule has 0 bridgehead atoms. The molecule has 5 aromatic rings. The third kappa shape index (κ3) is 7.08. The number of fused-ring (bicyclic) bond motifs is 2. The highest BCUT2D eigenvalue weighted by molar-refractivity contribution is 6.36. The number of aryl methyl sites for hydroxylation is 2. The van der Waals surface area contributed by atoms with Gasteiger partial charge in [0.15, 0.2) is 5.65 Å². The summed E-state index contributed by atoms with van der Waals surface area (Å²) in [7, 11) is 5.71. The van der Waals surface area contributed by atoms with Crippen LogP contribution in [0.4, 0.5) is 29.5 Å². The molecule has 2 amide bonds. The number of amides is 2. The van der Waals surface area contributed by atoms with Crippen LogP contribution in [-0.2, 0) is 31.4 Å². The molecule has 1 aliphatic carbocycles. The first-order valence-electron chi connectivity index (χ1n) is 19.2. The smallest absolute Gasteiger partial charge is 0.451 e. The Morgan fingerprint density at radius 3 is 2.44 bits per heavy atom. The van der Waals surface area contributed by atoms with Crippen molar-refractivity contribution in [3.05, 3.63) is 90.8 Å². The number of halogens is 4. The van der Waals surface area contributed by atoms with Crippen LogP contribution in [0, 0.1) is 6.92 Å². The van der Waals surface area contributed by atoms with E-state index in [-0.39, 0.29) is 23.0 Å². The summed E-state index contributed by atoms with van der Waals surface area (Å²) in [6.45, 7) is 5.09. The first kappa shape index (κ1) is 40.3. The average molecular weight is 834 g/mol. The maximum absolute atomic E-state index is 14.0. The van der Waals surface area contributed by atoms with Gasteiger partial charge in [-0.15, -0.1) is 0 Å². The third-order valence-corrected chi connectivity index (χ3v) is 12.3. The molecule has 2 atom stereocenters. The molecule has 3 aromatic heterocycles. The number of hydrogen-bond acceptors (Lipinski definition) is 10. The molecule has 3 aliphatic rings. The van der Waals surface area contributed by atoms with Gasteiger partial charge in [-0.05, 0) is 61.4 Å². The Labute approximate surface area is 341 Å². The van der Waals surface area contributed by atoms with E-state index < -0.39 is 34.7 Å². The summed E-state index contributed by atoms with van der Waals surface area (Å²) in [5.41, 5.74) is 3.31. The molecule has 8 rings (SSSR count). The van der Waals surface area contributed by atoms with Gasteiger partial charge >= 0.3 is 17.9 Å². The Hall–Kier alpha value is -5.52. The number of pyridine rings is 1. The lowest BCUT2D eigenvalue weighted by Crippen LogP contribution is -2.61. The Morgan fingerprint density at radius 2 is 1.71 bits per heavy atom. The van der Waals surface area contributed by atoms with Crippen molar-refractivity contribution in [2.24, 2.45) is 14.1 Å². The van der Waals surface area contributed by atoms with E-state index in [2.05, 4.69) is 31.6 Å². The van der Waals surface area contributed by atoms with E-state index in [4.69, 9.17) is 26.1 Å². The standard InChI is InChI=1S/C41H43ClF3N9O5/c1-22-24(8-7-11-27(22)46-33-31-34(49-37(48-33)41(43,44)45)51(2)39(57)52(3)36(31)55)25-9-6-10-26(32(25)42)28-20-23-12-13-29(30(23)35(47-28)59-5)54-17-15-40(21-54)14-16-53(18-19-58-4)38(56)50-40/h6-11,20,29H,12-19,21H2,1-5H3,(H,50,56)(H,46,48,49)/t29-,40-/m0/s1. The molecule has 2 aliphatic heterocycles. The zero-order valence-electron chi connectivity index (χ0n) is 33.2. The molecule has 14 nitrogen and oxygen atoms in total. The fourth-order valence-corrected chi connectivity index (χ4v) is 9.08. The molecular weight excluding hydrogens is 791 g/mol. The topological polar surface area (TPSA) is 149 Å². The van der Waals surface area contributed by atoms with Crippen LogP contribution in [-0.4, -0.2) is 92.5 Å². The van der Waals surface area contributed by atoms with Crippen LogP contribution in [0.1, 0.15) is 47.8 Å². The number of alkyl halides is 3. The predicted molar refractivity (Wildman–Crippen MR) is 216 cm³/mol. The van der Waals surface area contributed by atoms with Crippen LogP contribution in [0.15, 0.2) is 52.1 Å². The number of rotatable bonds is 9. The molecule has 0 unspecified atom stereocenters. The summed E-state index contributed by atoms with van der Waals surface area (Å²) >= 11 is 7.22. The number of carbonyl (C=O) groups excluding carboxylic acids is 1. The second-order valence-electron chi connectivity index (χ2n) is 15.4. The fraction of sp³-hybridized carbons (Fsp3) is 0.415. The zero-order chi connectivity index (χ0) is 42.0. The highest BCUT2D eigenvalue weighted by atomic mass is 35.5. The number of hydrogen-bond donors (Lipinski definition) is 2. The molecule has 2 aromatic carbocycles. The van der Waals surface area contributed by atoms with Gasteiger partial charge in [0.05, 0.1) is 30.0 Å². The van der Waals surface area contributed by atoms with Crippen molar-refractivity contribution >= 4 is 40.2 Å². The molecule has 1 spiro atoms. The second-order valence-corrected chi connectivity index (χ2v) is 15.8. The van der Waals surface area contributed by atoms with Gasteiger partial charge in [0.1, 0.15) is 11.2 Å². The van der Waals surface area contributed by atoms with Crippen molar-refractivity contribution in [3.63, 3.8) is 0 Å². The van der Waals surface area contributed by atoms with E-state index in [0.29, 0.717) is 64.2 Å². The van der Waals surface area contributed by atoms with Crippen molar-refractivity contribution in [1.29, 1.82) is 0 Å². The Morgan fingerprint density at radius 1 is 0.983 bits per heavy atom. The number of ether oxygens (including phenoxy) is 2. The number of carbonyl (C=O) groups is 1. The molecule has 2 saturated heterocycles. The highest BCUT2D eigenvalue weighted by Crippen LogP contribution is 2.47. The number of nitrogens with one attached hydrogen (secondary N) is 2. The molecule has 2 fully saturated rings. The summed E-state index contributed by atoms with van der Waals surface area (Å²) in [5, 5.41) is 6.37. The van der Waals surface area contributed by atoms with Crippen molar-refractivity contribution in [1.82, 2.24) is 39.2 Å². The van der Waals surface area contributed by atoms with Gasteiger partial charge in [-0.3, -0.25) is 18.8 Å². The van der Waals surface area contributed by atoms with Crippen LogP contribution >= 0.6 is 11.6 Å². The van der Waals surface area contributed by atoms with Gasteiger partial charge in [0.2, 0.25) is 11.7 Å². The Kier molecular flexibility index (Phi) is 10.4. The molecule has 2 N–H and O–H groups in total. The molecule has 18 heteroatoms. The maximum atomic E-state index is 14.0. The number of nitrogens with zero attached hydrogens (tertiary/aromatic N) is 7. The van der Waals surface area contributed by atoms with Crippen LogP contribution in [0.5, 0.6) is 5.88 Å². The first-order chi connectivity index (χ1) is 28.1. The maximum Gasteiger partial charge on any atom is 0.451 e. The predicted octanol–water partition coefficient (Wildman–Crippen LogP) is 5.98. The largest absolute Gasteiger partial charge is 0.481 e. The van der Waals surface area contributed by atoms with Gasteiger partial charge in [-0.2, -0.15) is 13.2 Å². The molecule has 5 heterocycles. The van der Waals surface area contributed by atoms with E-state index in [1.807, 2.05) is 24.3 Å². The molecule has 0 radical (unpaired) electrons. The normalized spacial score (nSPS) is 19.4. The third-order valence-electron chi connectivity index (χ3n) is 11.9. The monoisotopic (exact) mass is 833 g/mol. The molecule has 310 valence electrons. The van der Waals surface area contributed by atoms with Crippen LogP contribution in [0.2, 0.25) is 5.02 Å². The molecule has 59 heavy (non-hydrogen) atoms. The lowest BCUT2D eigenvalue weighted by Gasteiger charge is -2.40. The van der Waals surface area contributed by atoms with Crippen molar-refractivity contribution in [2.45, 2.75) is 50.4 Å². The summed E-state index contributed by atoms with van der Waals surface area (Å²) in [6, 6.07) is 12.9. The number of urea groups is 1. The summed E-state index contributed by atoms with van der Waals surface area (Å²) in [5.74, 6) is -1.39. The first-order valence-corrected chi connectivity index (χ1v) is 19.6. The summed E-state index contributed by atoms with van der Waals surface area (Å²) in [4.78, 5) is 55.4. The number of aromatic nitrogens is 5. The van der Waals surface area contributed by atoms with Crippen molar-refractivity contribution < 1.29 is 27.4 Å². The Balaban J connectivity index is 1.10. The van der Waals surface area contributed by atoms with E-state index in [1.54, 1.807) is 38.2 Å². The summed E-state index contributed by atoms with van der Waals surface area (Å²) in [6.07, 6.45) is -1.55. The van der Waals surface area contributed by atoms with Crippen molar-refractivity contribution in [3.8, 4) is 28.3 Å². The molecular formula is C41H43ClF3N9O5. The lowest BCUT2D eigenvalue weighted by molar-refractivity contribution is -0.144. The average Bonchev–Trinajstić information content (AvgIpc) is 3.83. The fourth-order valence-electron chi connectivity index (χ4n) is 8.76. The number of anilines is 2. The van der Waals surface area contributed by atoms with Gasteiger partial charge < -0.3 is 25.0 Å².